The molecule has 0 aliphatic heterocycles. The van der Waals surface area contributed by atoms with Gasteiger partial charge in [-0.25, -0.2) is 0 Å². The van der Waals surface area contributed by atoms with Crippen molar-refractivity contribution in [3.05, 3.63) is 6.48 Å². The molecule has 0 unspecified atom stereocenters. The van der Waals surface area contributed by atoms with Crippen LogP contribution in [0.4, 0.5) is 0 Å². The predicted octanol–water partition coefficient (Wildman–Crippen LogP) is -0.809. The summed E-state index contributed by atoms with van der Waals surface area (Å²) in [4.78, 5) is 15.5. The van der Waals surface area contributed by atoms with Crippen LogP contribution in [0.2, 0.25) is 0 Å². The number of hydrogen-bond donors (Lipinski definition) is 2. The molecule has 0 fully saturated rings. The van der Waals surface area contributed by atoms with Gasteiger partial charge >= 0.3 is 17.1 Å². The molecule has 9 heavy (non-hydrogen) atoms. The second-order valence-electron chi connectivity index (χ2n) is 0.533. The summed E-state index contributed by atoms with van der Waals surface area (Å²) in [6.07, 6.45) is 0. The van der Waals surface area contributed by atoms with Gasteiger partial charge in [-0.1, -0.05) is 0 Å². The van der Waals surface area contributed by atoms with E-state index in [1.807, 2.05) is 0 Å². The van der Waals surface area contributed by atoms with Crippen LogP contribution in [-0.4, -0.2) is 16.7 Å². The molecule has 0 saturated carbocycles. The third-order valence-corrected chi connectivity index (χ3v) is 0.150. The fourth-order valence-electron chi connectivity index (χ4n) is 0.0543. The summed E-state index contributed by atoms with van der Waals surface area (Å²) in [5, 5.41) is 15.3. The maximum Gasteiger partial charge on any atom is 1.00 e. The molecule has 0 saturated heterocycles. The maximum absolute atomic E-state index is 9.00. The molecule has 5 nitrogen and oxygen atoms in total. The Bertz CT molecular complexity index is 58.9. The normalized spacial score (nSPS) is 7.00. The molecule has 56 valence electrons. The van der Waals surface area contributed by atoms with Crippen LogP contribution in [0.5, 0.6) is 0 Å². The molecule has 2 N–H and O–H groups in total. The Morgan fingerprint density at radius 1 is 1.44 bits per heavy atom. The standard InChI is InChI=1S/C2H2O5.Cu.U/c3-1-6-7-2(4)5;;/h4-5H;;/q-2;+1;. The van der Waals surface area contributed by atoms with E-state index < -0.39 is 6.48 Å². The summed E-state index contributed by atoms with van der Waals surface area (Å²) < 4.78 is 0. The van der Waals surface area contributed by atoms with Crippen molar-refractivity contribution in [1.82, 2.24) is 0 Å². The summed E-state index contributed by atoms with van der Waals surface area (Å²) in [6, 6.07) is 0. The van der Waals surface area contributed by atoms with E-state index >= 15 is 0 Å². The zero-order valence-corrected chi connectivity index (χ0v) is 9.03. The SMILES string of the molecule is O=[C-]OO[C-](O)O.[Cu+].[U]. The molecule has 0 aromatic carbocycles. The van der Waals surface area contributed by atoms with Crippen molar-refractivity contribution in [1.29, 1.82) is 0 Å². The molecule has 0 spiro atoms. The molecule has 0 radical (unpaired) electrons. The van der Waals surface area contributed by atoms with Crippen molar-refractivity contribution in [2.24, 2.45) is 0 Å². The second-order valence-corrected chi connectivity index (χ2v) is 0.533. The molecule has 0 aromatic heterocycles. The summed E-state index contributed by atoms with van der Waals surface area (Å²) >= 11 is 0. The van der Waals surface area contributed by atoms with E-state index in [-0.39, 0.29) is 48.2 Å². The van der Waals surface area contributed by atoms with Gasteiger partial charge in [0.15, 0.2) is 0 Å². The van der Waals surface area contributed by atoms with Gasteiger partial charge < -0.3 is 24.8 Å². The minimum atomic E-state index is -1.43. The molecule has 0 amide bonds. The Labute approximate surface area is 85.5 Å². The van der Waals surface area contributed by atoms with Gasteiger partial charge in [0.25, 0.3) is 0 Å². The Hall–Kier alpha value is 0.921. The Morgan fingerprint density at radius 2 is 1.89 bits per heavy atom. The predicted molar refractivity (Wildman–Crippen MR) is 15.0 cm³/mol. The van der Waals surface area contributed by atoms with Crippen molar-refractivity contribution in [3.63, 3.8) is 0 Å². The first kappa shape index (κ1) is 16.5. The topological polar surface area (TPSA) is 76.0 Å². The average molecular weight is 408 g/mol. The third-order valence-electron chi connectivity index (χ3n) is 0.150. The third kappa shape index (κ3) is 17.6. The molecule has 0 aliphatic rings. The number of aliphatic hydroxyl groups excluding tert-OH is 1. The van der Waals surface area contributed by atoms with Crippen LogP contribution < -0.4 is 0 Å². The van der Waals surface area contributed by atoms with Gasteiger partial charge in [-0.2, -0.15) is 0 Å². The molecule has 0 aliphatic carbocycles. The van der Waals surface area contributed by atoms with Crippen molar-refractivity contribution in [2.75, 3.05) is 0 Å². The van der Waals surface area contributed by atoms with E-state index in [4.69, 9.17) is 15.0 Å². The van der Waals surface area contributed by atoms with Crippen LogP contribution in [0.25, 0.3) is 0 Å². The minimum absolute atomic E-state index is 0. The van der Waals surface area contributed by atoms with Crippen LogP contribution >= 0.6 is 0 Å². The monoisotopic (exact) mass is 407 g/mol. The molecular weight excluding hydrogens is 406 g/mol. The van der Waals surface area contributed by atoms with Crippen molar-refractivity contribution < 1.29 is 73.0 Å². The van der Waals surface area contributed by atoms with Crippen molar-refractivity contribution in [3.8, 4) is 0 Å². The Morgan fingerprint density at radius 3 is 2.00 bits per heavy atom. The Balaban J connectivity index is -0.000000180. The van der Waals surface area contributed by atoms with Crippen LogP contribution in [0.1, 0.15) is 0 Å². The second kappa shape index (κ2) is 11.7. The molecule has 0 aromatic rings. The molecule has 0 rings (SSSR count). The zero-order valence-electron chi connectivity index (χ0n) is 3.92. The van der Waals surface area contributed by atoms with Gasteiger partial charge in [-0.3, -0.25) is 0 Å². The first-order valence-electron chi connectivity index (χ1n) is 1.23. The number of hydrogen-bond acceptors (Lipinski definition) is 5. The van der Waals surface area contributed by atoms with Gasteiger partial charge in [-0.15, -0.1) is 0 Å². The molecule has 7 heteroatoms. The minimum Gasteiger partial charge on any atom is -0.534 e. The quantitative estimate of drug-likeness (QED) is 0.277. The van der Waals surface area contributed by atoms with Gasteiger partial charge in [0.1, 0.15) is 0 Å². The smallest absolute Gasteiger partial charge is 0.534 e. The number of carbonyl (C=O) groups excluding carboxylic acids is 1. The van der Waals surface area contributed by atoms with Crippen LogP contribution in [0, 0.1) is 37.6 Å². The summed E-state index contributed by atoms with van der Waals surface area (Å²) in [5.41, 5.74) is 0. The van der Waals surface area contributed by atoms with E-state index in [0.717, 1.165) is 6.47 Å². The molecule has 0 bridgehead atoms. The fraction of sp³-hybridized carbons (Fsp3) is 0. The van der Waals surface area contributed by atoms with Crippen molar-refractivity contribution in [2.45, 2.75) is 0 Å². The Kier molecular flexibility index (Phi) is 21.4. The summed E-state index contributed by atoms with van der Waals surface area (Å²) in [6.45, 7) is -0.641. The number of rotatable bonds is 3. The number of aliphatic hydroxyl groups is 2. The summed E-state index contributed by atoms with van der Waals surface area (Å²) in [7, 11) is 0. The molecule has 0 atom stereocenters. The van der Waals surface area contributed by atoms with Crippen molar-refractivity contribution >= 4 is 6.47 Å². The van der Waals surface area contributed by atoms with E-state index in [1.165, 1.54) is 0 Å². The average Bonchev–Trinajstić information content (AvgIpc) is 1.61. The van der Waals surface area contributed by atoms with Gasteiger partial charge in [-0.05, 0) is 6.47 Å². The van der Waals surface area contributed by atoms with E-state index in [2.05, 4.69) is 9.78 Å². The van der Waals surface area contributed by atoms with Crippen LogP contribution in [0.3, 0.4) is 0 Å². The van der Waals surface area contributed by atoms with E-state index in [0.29, 0.717) is 0 Å². The van der Waals surface area contributed by atoms with E-state index in [9.17, 15) is 0 Å². The molecular formula is C2H2CuO5U-. The first-order valence-corrected chi connectivity index (χ1v) is 1.23. The fourth-order valence-corrected chi connectivity index (χ4v) is 0.0543. The maximum atomic E-state index is 9.00. The van der Waals surface area contributed by atoms with Gasteiger partial charge in [0, 0.05) is 31.1 Å². The summed E-state index contributed by atoms with van der Waals surface area (Å²) in [5.74, 6) is 0. The largest absolute Gasteiger partial charge is 1.00 e. The first-order chi connectivity index (χ1) is 3.27. The van der Waals surface area contributed by atoms with Crippen LogP contribution in [-0.2, 0) is 31.6 Å². The van der Waals surface area contributed by atoms with Crippen LogP contribution in [0.15, 0.2) is 0 Å². The molecule has 0 heterocycles. The van der Waals surface area contributed by atoms with Gasteiger partial charge in [0.05, 0.1) is 6.48 Å². The van der Waals surface area contributed by atoms with Gasteiger partial charge in [0.2, 0.25) is 0 Å². The van der Waals surface area contributed by atoms with E-state index in [1.54, 1.807) is 0 Å². The zero-order chi connectivity index (χ0) is 5.70.